The van der Waals surface area contributed by atoms with Crippen molar-refractivity contribution in [2.45, 2.75) is 64.4 Å². The van der Waals surface area contributed by atoms with Crippen LogP contribution < -0.4 is 5.32 Å². The van der Waals surface area contributed by atoms with Crippen LogP contribution in [0.4, 0.5) is 0 Å². The van der Waals surface area contributed by atoms with Crippen LogP contribution in [0.3, 0.4) is 0 Å². The van der Waals surface area contributed by atoms with Crippen LogP contribution in [-0.2, 0) is 22.7 Å². The van der Waals surface area contributed by atoms with Gasteiger partial charge in [0.25, 0.3) is 0 Å². The zero-order valence-electron chi connectivity index (χ0n) is 22.2. The van der Waals surface area contributed by atoms with Crippen molar-refractivity contribution < 1.29 is 24.9 Å². The number of thiazole rings is 1. The van der Waals surface area contributed by atoms with Crippen LogP contribution in [0, 0.1) is 12.8 Å². The lowest BCUT2D eigenvalue weighted by Crippen LogP contribution is -2.56. The molecule has 39 heavy (non-hydrogen) atoms. The van der Waals surface area contributed by atoms with E-state index >= 15 is 0 Å². The molecule has 0 radical (unpaired) electrons. The van der Waals surface area contributed by atoms with Crippen molar-refractivity contribution in [3.8, 4) is 10.4 Å². The molecule has 2 amide bonds. The zero-order valence-corrected chi connectivity index (χ0v) is 23.0. The number of aliphatic hydroxyl groups excluding tert-OH is 3. The number of hydrogen-bond acceptors (Lipinski definition) is 8. The summed E-state index contributed by atoms with van der Waals surface area (Å²) in [6.45, 7) is 6.15. The number of nitrogens with zero attached hydrogens (tertiary/aromatic N) is 3. The van der Waals surface area contributed by atoms with Gasteiger partial charge in [-0.3, -0.25) is 14.5 Å². The molecule has 4 N–H and O–H groups in total. The van der Waals surface area contributed by atoms with Gasteiger partial charge in [0.1, 0.15) is 18.4 Å². The van der Waals surface area contributed by atoms with Crippen molar-refractivity contribution >= 4 is 23.2 Å². The number of fused-ring (bicyclic) bond motifs is 1. The molecule has 1 unspecified atom stereocenters. The van der Waals surface area contributed by atoms with E-state index in [1.54, 1.807) is 21.7 Å². The van der Waals surface area contributed by atoms with Gasteiger partial charge < -0.3 is 25.5 Å². The Labute approximate surface area is 231 Å². The van der Waals surface area contributed by atoms with Crippen molar-refractivity contribution in [3.63, 3.8) is 0 Å². The fraction of sp³-hybridized carbons (Fsp3) is 0.414. The van der Waals surface area contributed by atoms with Gasteiger partial charge in [0.15, 0.2) is 0 Å². The SMILES string of the molecule is Cc1ncsc1-c1ccc(CNC(=O)[C@@H]2[C@@H](O)[C@@H](O)CN2C(=O)[C@H](C(C)C)N2Cc3ccccc3C2O)cc1. The minimum atomic E-state index is -1.42. The van der Waals surface area contributed by atoms with Crippen LogP contribution in [0.1, 0.15) is 42.5 Å². The van der Waals surface area contributed by atoms with Crippen LogP contribution in [-0.4, -0.2) is 72.8 Å². The number of carbonyl (C=O) groups excluding carboxylic acids is 2. The number of nitrogens with one attached hydrogen (secondary N) is 1. The predicted octanol–water partition coefficient (Wildman–Crippen LogP) is 2.20. The van der Waals surface area contributed by atoms with Crippen molar-refractivity contribution in [1.29, 1.82) is 0 Å². The molecule has 9 nitrogen and oxygen atoms in total. The molecular formula is C29H34N4O5S. The first kappa shape index (κ1) is 27.4. The Morgan fingerprint density at radius 1 is 1.10 bits per heavy atom. The topological polar surface area (TPSA) is 126 Å². The molecule has 0 saturated carbocycles. The third-order valence-corrected chi connectivity index (χ3v) is 8.64. The number of aryl methyl sites for hydroxylation is 1. The predicted molar refractivity (Wildman–Crippen MR) is 147 cm³/mol. The number of hydrogen-bond donors (Lipinski definition) is 4. The molecule has 1 fully saturated rings. The van der Waals surface area contributed by atoms with Crippen LogP contribution in [0.15, 0.2) is 54.0 Å². The summed E-state index contributed by atoms with van der Waals surface area (Å²) in [5.41, 5.74) is 6.37. The van der Waals surface area contributed by atoms with E-state index in [-0.39, 0.29) is 19.0 Å². The summed E-state index contributed by atoms with van der Waals surface area (Å²) < 4.78 is 0. The van der Waals surface area contributed by atoms with Gasteiger partial charge in [0, 0.05) is 13.1 Å². The maximum absolute atomic E-state index is 13.9. The van der Waals surface area contributed by atoms with E-state index in [2.05, 4.69) is 10.3 Å². The standard InChI is InChI=1S/C29H34N4O5S/c1-16(2)23(32-13-20-6-4-5-7-21(20)28(32)37)29(38)33-14-22(34)25(35)24(33)27(36)30-12-18-8-10-19(11-9-18)26-17(3)31-15-39-26/h4-11,15-16,22-25,28,34-35,37H,12-14H2,1-3H3,(H,30,36)/t22-,23-,24-,25-,28?/m0/s1. The first-order chi connectivity index (χ1) is 18.7. The average molecular weight is 551 g/mol. The van der Waals surface area contributed by atoms with E-state index in [1.807, 2.05) is 69.3 Å². The highest BCUT2D eigenvalue weighted by Crippen LogP contribution is 2.36. The number of carbonyl (C=O) groups is 2. The van der Waals surface area contributed by atoms with Gasteiger partial charge in [-0.15, -0.1) is 11.3 Å². The summed E-state index contributed by atoms with van der Waals surface area (Å²) in [6.07, 6.45) is -3.63. The second kappa shape index (κ2) is 11.1. The first-order valence-electron chi connectivity index (χ1n) is 13.1. The highest BCUT2D eigenvalue weighted by molar-refractivity contribution is 7.13. The fourth-order valence-electron chi connectivity index (χ4n) is 5.61. The smallest absolute Gasteiger partial charge is 0.245 e. The molecule has 2 aliphatic rings. The first-order valence-corrected chi connectivity index (χ1v) is 14.0. The van der Waals surface area contributed by atoms with Gasteiger partial charge in [-0.05, 0) is 35.1 Å². The van der Waals surface area contributed by atoms with Crippen molar-refractivity contribution in [1.82, 2.24) is 20.1 Å². The van der Waals surface area contributed by atoms with E-state index in [1.165, 1.54) is 4.90 Å². The van der Waals surface area contributed by atoms with Gasteiger partial charge >= 0.3 is 0 Å². The Hall–Kier alpha value is -3.15. The second-order valence-electron chi connectivity index (χ2n) is 10.6. The molecule has 5 rings (SSSR count). The summed E-state index contributed by atoms with van der Waals surface area (Å²) in [4.78, 5) is 35.6. The summed E-state index contributed by atoms with van der Waals surface area (Å²) in [6, 6.07) is 13.3. The number of likely N-dealkylation sites (tertiary alicyclic amines) is 1. The Bertz CT molecular complexity index is 1340. The molecule has 3 heterocycles. The van der Waals surface area contributed by atoms with Crippen molar-refractivity contribution in [2.75, 3.05) is 6.54 Å². The second-order valence-corrected chi connectivity index (χ2v) is 11.5. The normalized spacial score (nSPS) is 23.7. The lowest BCUT2D eigenvalue weighted by atomic mass is 10.00. The molecule has 0 bridgehead atoms. The van der Waals surface area contributed by atoms with Gasteiger partial charge in [-0.25, -0.2) is 4.98 Å². The summed E-state index contributed by atoms with van der Waals surface area (Å²) in [7, 11) is 0. The van der Waals surface area contributed by atoms with E-state index in [0.29, 0.717) is 6.54 Å². The van der Waals surface area contributed by atoms with E-state index in [0.717, 1.165) is 32.8 Å². The Morgan fingerprint density at radius 2 is 1.82 bits per heavy atom. The number of aromatic nitrogens is 1. The summed E-state index contributed by atoms with van der Waals surface area (Å²) in [5, 5.41) is 35.0. The largest absolute Gasteiger partial charge is 0.388 e. The van der Waals surface area contributed by atoms with E-state index in [4.69, 9.17) is 0 Å². The average Bonchev–Trinajstić information content (AvgIpc) is 3.58. The number of aliphatic hydroxyl groups is 3. The maximum Gasteiger partial charge on any atom is 0.245 e. The van der Waals surface area contributed by atoms with Crippen LogP contribution >= 0.6 is 11.3 Å². The van der Waals surface area contributed by atoms with Gasteiger partial charge in [0.05, 0.1) is 34.8 Å². The third kappa shape index (κ3) is 5.22. The lowest BCUT2D eigenvalue weighted by Gasteiger charge is -2.36. The summed E-state index contributed by atoms with van der Waals surface area (Å²) in [5.74, 6) is -1.14. The molecule has 0 aliphatic carbocycles. The fourth-order valence-corrected chi connectivity index (χ4v) is 6.42. The quantitative estimate of drug-likeness (QED) is 0.355. The number of benzene rings is 2. The zero-order chi connectivity index (χ0) is 27.8. The number of amides is 2. The lowest BCUT2D eigenvalue weighted by molar-refractivity contribution is -0.150. The van der Waals surface area contributed by atoms with Gasteiger partial charge in [-0.2, -0.15) is 0 Å². The Morgan fingerprint density at radius 3 is 2.46 bits per heavy atom. The van der Waals surface area contributed by atoms with Gasteiger partial charge in [-0.1, -0.05) is 62.4 Å². The molecule has 206 valence electrons. The van der Waals surface area contributed by atoms with Crippen LogP contribution in [0.5, 0.6) is 0 Å². The molecule has 5 atom stereocenters. The minimum absolute atomic E-state index is 0.166. The molecule has 0 spiro atoms. The van der Waals surface area contributed by atoms with E-state index in [9.17, 15) is 24.9 Å². The molecule has 1 saturated heterocycles. The Kier molecular flexibility index (Phi) is 7.84. The highest BCUT2D eigenvalue weighted by atomic mass is 32.1. The molecule has 2 aromatic carbocycles. The van der Waals surface area contributed by atoms with Gasteiger partial charge in [0.2, 0.25) is 11.8 Å². The molecular weight excluding hydrogens is 516 g/mol. The monoisotopic (exact) mass is 550 g/mol. The molecule has 1 aromatic heterocycles. The highest BCUT2D eigenvalue weighted by Gasteiger charge is 2.50. The molecule has 10 heteroatoms. The third-order valence-electron chi connectivity index (χ3n) is 7.66. The van der Waals surface area contributed by atoms with Crippen LogP contribution in [0.25, 0.3) is 10.4 Å². The van der Waals surface area contributed by atoms with Crippen molar-refractivity contribution in [3.05, 3.63) is 76.4 Å². The number of β-amino-alcohol motifs (C(OH)–C–C–N with tert-alkyl or cyclic N) is 1. The molecule has 3 aromatic rings. The summed E-state index contributed by atoms with van der Waals surface area (Å²) >= 11 is 1.57. The Balaban J connectivity index is 1.30. The maximum atomic E-state index is 13.9. The van der Waals surface area contributed by atoms with Crippen molar-refractivity contribution in [2.24, 2.45) is 5.92 Å². The minimum Gasteiger partial charge on any atom is -0.388 e. The number of rotatable bonds is 7. The molecule has 2 aliphatic heterocycles. The van der Waals surface area contributed by atoms with E-state index < -0.39 is 42.3 Å². The van der Waals surface area contributed by atoms with Crippen LogP contribution in [0.2, 0.25) is 0 Å².